The van der Waals surface area contributed by atoms with Crippen LogP contribution in [0, 0.1) is 17.8 Å². The van der Waals surface area contributed by atoms with Gasteiger partial charge in [0.25, 0.3) is 0 Å². The van der Waals surface area contributed by atoms with Crippen molar-refractivity contribution in [2.75, 3.05) is 7.11 Å². The summed E-state index contributed by atoms with van der Waals surface area (Å²) in [5, 5.41) is 2.36. The quantitative estimate of drug-likeness (QED) is 0.345. The van der Waals surface area contributed by atoms with E-state index in [4.69, 9.17) is 4.74 Å². The van der Waals surface area contributed by atoms with Crippen molar-refractivity contribution in [1.82, 2.24) is 0 Å². The van der Waals surface area contributed by atoms with Gasteiger partial charge in [0, 0.05) is 0 Å². The zero-order chi connectivity index (χ0) is 20.9. The van der Waals surface area contributed by atoms with E-state index in [0.717, 1.165) is 23.1 Å². The van der Waals surface area contributed by atoms with Crippen molar-refractivity contribution < 1.29 is 9.53 Å². The molecule has 162 valence electrons. The number of benzene rings is 2. The summed E-state index contributed by atoms with van der Waals surface area (Å²) < 4.78 is 4.86. The zero-order valence-electron chi connectivity index (χ0n) is 18.9. The monoisotopic (exact) mass is 406 g/mol. The van der Waals surface area contributed by atoms with Crippen LogP contribution in [-0.4, -0.2) is 13.1 Å². The van der Waals surface area contributed by atoms with E-state index in [0.29, 0.717) is 11.5 Å². The Labute approximate surface area is 182 Å². The predicted octanol–water partition coefficient (Wildman–Crippen LogP) is 7.90. The highest BCUT2D eigenvalue weighted by atomic mass is 16.5. The largest absolute Gasteiger partial charge is 0.465 e. The smallest absolute Gasteiger partial charge is 0.337 e. The summed E-state index contributed by atoms with van der Waals surface area (Å²) in [5.41, 5.74) is 2.12. The highest BCUT2D eigenvalue weighted by Crippen LogP contribution is 2.48. The second kappa shape index (κ2) is 9.98. The summed E-state index contributed by atoms with van der Waals surface area (Å²) >= 11 is 0. The van der Waals surface area contributed by atoms with Gasteiger partial charge in [-0.15, -0.1) is 0 Å². The highest BCUT2D eigenvalue weighted by molar-refractivity contribution is 5.95. The molecule has 2 aliphatic carbocycles. The lowest BCUT2D eigenvalue weighted by Crippen LogP contribution is -2.30. The molecule has 2 aromatic carbocycles. The molecular formula is C28H38O2. The van der Waals surface area contributed by atoms with E-state index in [1.54, 1.807) is 0 Å². The molecule has 2 aliphatic rings. The van der Waals surface area contributed by atoms with Crippen molar-refractivity contribution in [3.8, 4) is 0 Å². The van der Waals surface area contributed by atoms with Crippen molar-refractivity contribution in [3.63, 3.8) is 0 Å². The first-order valence-corrected chi connectivity index (χ1v) is 12.3. The Balaban J connectivity index is 1.36. The predicted molar refractivity (Wildman–Crippen MR) is 125 cm³/mol. The number of rotatable bonds is 7. The van der Waals surface area contributed by atoms with Crippen LogP contribution in [0.25, 0.3) is 10.8 Å². The second-order valence-electron chi connectivity index (χ2n) is 9.87. The molecule has 0 radical (unpaired) electrons. The number of esters is 1. The number of methoxy groups -OCH3 is 1. The Morgan fingerprint density at radius 2 is 1.67 bits per heavy atom. The molecule has 4 rings (SSSR count). The topological polar surface area (TPSA) is 26.3 Å². The number of carbonyl (C=O) groups is 1. The molecule has 0 heterocycles. The fourth-order valence-corrected chi connectivity index (χ4v) is 6.17. The number of carbonyl (C=O) groups excluding carboxylic acids is 1. The normalized spacial score (nSPS) is 26.3. The van der Waals surface area contributed by atoms with E-state index in [2.05, 4.69) is 31.2 Å². The SMILES string of the molecule is CCCCCCC1CCC2CC(c3ccc4cc(C(=O)OC)ccc4c3)CCC2C1. The van der Waals surface area contributed by atoms with Crippen LogP contribution in [0.5, 0.6) is 0 Å². The Morgan fingerprint density at radius 3 is 2.50 bits per heavy atom. The minimum atomic E-state index is -0.264. The lowest BCUT2D eigenvalue weighted by atomic mass is 9.63. The minimum absolute atomic E-state index is 0.264. The van der Waals surface area contributed by atoms with Gasteiger partial charge in [-0.05, 0) is 84.2 Å². The second-order valence-corrected chi connectivity index (χ2v) is 9.87. The summed E-state index contributed by atoms with van der Waals surface area (Å²) in [6, 6.07) is 12.8. The van der Waals surface area contributed by atoms with Crippen LogP contribution in [-0.2, 0) is 4.74 Å². The zero-order valence-corrected chi connectivity index (χ0v) is 18.9. The molecule has 0 bridgehead atoms. The van der Waals surface area contributed by atoms with Crippen molar-refractivity contribution in [2.45, 2.75) is 83.5 Å². The van der Waals surface area contributed by atoms with E-state index >= 15 is 0 Å². The summed E-state index contributed by atoms with van der Waals surface area (Å²) in [4.78, 5) is 11.8. The van der Waals surface area contributed by atoms with E-state index in [1.807, 2.05) is 12.1 Å². The molecule has 0 N–H and O–H groups in total. The first-order chi connectivity index (χ1) is 14.7. The van der Waals surface area contributed by atoms with Crippen LogP contribution in [0.3, 0.4) is 0 Å². The first kappa shape index (κ1) is 21.4. The highest BCUT2D eigenvalue weighted by Gasteiger charge is 2.35. The summed E-state index contributed by atoms with van der Waals surface area (Å²) in [7, 11) is 1.44. The van der Waals surface area contributed by atoms with Crippen LogP contribution in [0.15, 0.2) is 36.4 Å². The van der Waals surface area contributed by atoms with Crippen LogP contribution < -0.4 is 0 Å². The van der Waals surface area contributed by atoms with Gasteiger partial charge in [-0.2, -0.15) is 0 Å². The molecule has 0 aromatic heterocycles. The van der Waals surface area contributed by atoms with Crippen molar-refractivity contribution in [3.05, 3.63) is 47.5 Å². The summed E-state index contributed by atoms with van der Waals surface area (Å²) in [6.45, 7) is 2.30. The Kier molecular flexibility index (Phi) is 7.12. The molecule has 0 saturated heterocycles. The molecule has 0 amide bonds. The molecule has 4 unspecified atom stereocenters. The number of hydrogen-bond donors (Lipinski definition) is 0. The van der Waals surface area contributed by atoms with Crippen molar-refractivity contribution >= 4 is 16.7 Å². The minimum Gasteiger partial charge on any atom is -0.465 e. The van der Waals surface area contributed by atoms with Crippen molar-refractivity contribution in [2.24, 2.45) is 17.8 Å². The lowest BCUT2D eigenvalue weighted by molar-refractivity contribution is 0.0601. The van der Waals surface area contributed by atoms with E-state index in [1.165, 1.54) is 88.7 Å². The lowest BCUT2D eigenvalue weighted by Gasteiger charge is -2.42. The van der Waals surface area contributed by atoms with Gasteiger partial charge >= 0.3 is 5.97 Å². The fraction of sp³-hybridized carbons (Fsp3) is 0.607. The fourth-order valence-electron chi connectivity index (χ4n) is 6.17. The third-order valence-corrected chi connectivity index (χ3v) is 7.94. The Morgan fingerprint density at radius 1 is 0.900 bits per heavy atom. The van der Waals surface area contributed by atoms with Gasteiger partial charge in [0.05, 0.1) is 12.7 Å². The van der Waals surface area contributed by atoms with Crippen LogP contribution in [0.1, 0.15) is 99.4 Å². The number of fused-ring (bicyclic) bond motifs is 2. The van der Waals surface area contributed by atoms with Crippen LogP contribution in [0.2, 0.25) is 0 Å². The van der Waals surface area contributed by atoms with E-state index in [9.17, 15) is 4.79 Å². The third-order valence-electron chi connectivity index (χ3n) is 7.94. The molecular weight excluding hydrogens is 368 g/mol. The van der Waals surface area contributed by atoms with Gasteiger partial charge in [0.2, 0.25) is 0 Å². The first-order valence-electron chi connectivity index (χ1n) is 12.3. The maximum Gasteiger partial charge on any atom is 0.337 e. The van der Waals surface area contributed by atoms with E-state index in [-0.39, 0.29) is 5.97 Å². The molecule has 2 fully saturated rings. The number of ether oxygens (including phenoxy) is 1. The molecule has 2 saturated carbocycles. The van der Waals surface area contributed by atoms with Gasteiger partial charge in [-0.25, -0.2) is 4.79 Å². The molecule has 2 heteroatoms. The van der Waals surface area contributed by atoms with Crippen LogP contribution in [0.4, 0.5) is 0 Å². The molecule has 0 spiro atoms. The van der Waals surface area contributed by atoms with Crippen LogP contribution >= 0.6 is 0 Å². The van der Waals surface area contributed by atoms with Gasteiger partial charge in [-0.3, -0.25) is 0 Å². The van der Waals surface area contributed by atoms with E-state index < -0.39 is 0 Å². The Bertz CT molecular complexity index is 855. The molecule has 30 heavy (non-hydrogen) atoms. The summed E-state index contributed by atoms with van der Waals surface area (Å²) in [6.07, 6.45) is 15.7. The van der Waals surface area contributed by atoms with Gasteiger partial charge in [0.15, 0.2) is 0 Å². The van der Waals surface area contributed by atoms with Crippen molar-refractivity contribution in [1.29, 1.82) is 0 Å². The maximum atomic E-state index is 11.8. The van der Waals surface area contributed by atoms with Gasteiger partial charge < -0.3 is 4.74 Å². The molecule has 2 nitrogen and oxygen atoms in total. The third kappa shape index (κ3) is 4.90. The molecule has 0 aliphatic heterocycles. The van der Waals surface area contributed by atoms with Gasteiger partial charge in [-0.1, -0.05) is 69.7 Å². The Hall–Kier alpha value is -1.83. The van der Waals surface area contributed by atoms with Gasteiger partial charge in [0.1, 0.15) is 0 Å². The number of hydrogen-bond acceptors (Lipinski definition) is 2. The molecule has 2 aromatic rings. The maximum absolute atomic E-state index is 11.8. The average molecular weight is 407 g/mol. The molecule has 4 atom stereocenters. The average Bonchev–Trinajstić information content (AvgIpc) is 2.80. The number of unbranched alkanes of at least 4 members (excludes halogenated alkanes) is 3. The standard InChI is InChI=1S/C28H38O2/c1-3-4-5-6-7-20-8-9-22-17-23(11-10-21(22)16-20)24-12-13-26-19-27(28(29)30-2)15-14-25(26)18-24/h12-15,18-23H,3-11,16-17H2,1-2H3. The summed E-state index contributed by atoms with van der Waals surface area (Å²) in [5.74, 6) is 3.36.